The van der Waals surface area contributed by atoms with Gasteiger partial charge in [0.25, 0.3) is 5.91 Å². The molecule has 0 fully saturated rings. The molecule has 3 nitrogen and oxygen atoms in total. The van der Waals surface area contributed by atoms with E-state index in [2.05, 4.69) is 21.2 Å². The second kappa shape index (κ2) is 7.16. The van der Waals surface area contributed by atoms with Gasteiger partial charge in [0.05, 0.1) is 15.7 Å². The third kappa shape index (κ3) is 4.37. The van der Waals surface area contributed by atoms with Crippen LogP contribution in [0, 0.1) is 6.92 Å². The molecule has 0 saturated heterocycles. The Bertz CT molecular complexity index is 656. The summed E-state index contributed by atoms with van der Waals surface area (Å²) in [6.07, 6.45) is 0. The molecule has 0 aliphatic carbocycles. The number of ether oxygens (including phenoxy) is 1. The van der Waals surface area contributed by atoms with E-state index in [-0.39, 0.29) is 12.5 Å². The molecule has 0 spiro atoms. The molecule has 0 bridgehead atoms. The Hall–Kier alpha value is -1.23. The second-order valence-electron chi connectivity index (χ2n) is 4.34. The number of carbonyl (C=O) groups excluding carboxylic acids is 1. The molecule has 0 heterocycles. The quantitative estimate of drug-likeness (QED) is 0.792. The minimum atomic E-state index is -0.328. The minimum Gasteiger partial charge on any atom is -0.484 e. The van der Waals surface area contributed by atoms with Gasteiger partial charge in [-0.3, -0.25) is 4.79 Å². The summed E-state index contributed by atoms with van der Waals surface area (Å²) in [6, 6.07) is 10.5. The maximum atomic E-state index is 11.9. The van der Waals surface area contributed by atoms with E-state index >= 15 is 0 Å². The molecule has 0 aromatic heterocycles. The first-order valence-corrected chi connectivity index (χ1v) is 7.65. The Morgan fingerprint density at radius 3 is 2.52 bits per heavy atom. The van der Waals surface area contributed by atoms with E-state index in [0.717, 1.165) is 10.0 Å². The van der Waals surface area contributed by atoms with Crippen LogP contribution in [0.3, 0.4) is 0 Å². The van der Waals surface area contributed by atoms with Crippen LogP contribution < -0.4 is 10.1 Å². The highest BCUT2D eigenvalue weighted by atomic mass is 79.9. The fourth-order valence-corrected chi connectivity index (χ4v) is 2.39. The van der Waals surface area contributed by atoms with E-state index in [1.165, 1.54) is 0 Å². The number of nitrogens with one attached hydrogen (secondary N) is 1. The molecule has 0 unspecified atom stereocenters. The van der Waals surface area contributed by atoms with Crippen molar-refractivity contribution in [3.8, 4) is 5.75 Å². The Morgan fingerprint density at radius 1 is 1.24 bits per heavy atom. The molecular weight excluding hydrogens is 377 g/mol. The van der Waals surface area contributed by atoms with Crippen LogP contribution in [0.5, 0.6) is 5.75 Å². The molecule has 1 N–H and O–H groups in total. The maximum Gasteiger partial charge on any atom is 0.262 e. The molecule has 0 radical (unpaired) electrons. The number of halogens is 3. The number of para-hydroxylation sites is 1. The molecule has 1 amide bonds. The van der Waals surface area contributed by atoms with Crippen molar-refractivity contribution in [3.05, 3.63) is 56.5 Å². The molecule has 0 aliphatic rings. The van der Waals surface area contributed by atoms with Gasteiger partial charge in [-0.05, 0) is 42.8 Å². The van der Waals surface area contributed by atoms with E-state index in [4.69, 9.17) is 27.9 Å². The number of anilines is 1. The van der Waals surface area contributed by atoms with Crippen LogP contribution >= 0.6 is 39.1 Å². The Balaban J connectivity index is 1.97. The van der Waals surface area contributed by atoms with Crippen molar-refractivity contribution in [3.63, 3.8) is 0 Å². The molecule has 0 atom stereocenters. The van der Waals surface area contributed by atoms with Crippen molar-refractivity contribution in [2.75, 3.05) is 11.9 Å². The average Bonchev–Trinajstić information content (AvgIpc) is 2.44. The number of hydrogen-bond donors (Lipinski definition) is 1. The zero-order valence-electron chi connectivity index (χ0n) is 11.1. The Kier molecular flexibility index (Phi) is 5.51. The van der Waals surface area contributed by atoms with Gasteiger partial charge in [0.15, 0.2) is 6.61 Å². The summed E-state index contributed by atoms with van der Waals surface area (Å²) in [6.45, 7) is 1.82. The molecule has 6 heteroatoms. The lowest BCUT2D eigenvalue weighted by molar-refractivity contribution is -0.118. The van der Waals surface area contributed by atoms with E-state index in [9.17, 15) is 4.79 Å². The first-order chi connectivity index (χ1) is 9.97. The van der Waals surface area contributed by atoms with Crippen molar-refractivity contribution < 1.29 is 9.53 Å². The van der Waals surface area contributed by atoms with E-state index in [1.807, 2.05) is 19.1 Å². The van der Waals surface area contributed by atoms with E-state index in [0.29, 0.717) is 21.5 Å². The van der Waals surface area contributed by atoms with Gasteiger partial charge >= 0.3 is 0 Å². The van der Waals surface area contributed by atoms with E-state index < -0.39 is 0 Å². The van der Waals surface area contributed by atoms with Crippen LogP contribution in [-0.2, 0) is 4.79 Å². The lowest BCUT2D eigenvalue weighted by Gasteiger charge is -2.10. The highest BCUT2D eigenvalue weighted by Gasteiger charge is 2.10. The third-order valence-electron chi connectivity index (χ3n) is 2.73. The number of hydrogen-bond acceptors (Lipinski definition) is 2. The smallest absolute Gasteiger partial charge is 0.262 e. The number of rotatable bonds is 4. The maximum absolute atomic E-state index is 11.9. The highest BCUT2D eigenvalue weighted by molar-refractivity contribution is 9.10. The minimum absolute atomic E-state index is 0.122. The van der Waals surface area contributed by atoms with Crippen LogP contribution in [-0.4, -0.2) is 12.5 Å². The topological polar surface area (TPSA) is 38.3 Å². The van der Waals surface area contributed by atoms with Crippen molar-refractivity contribution in [1.29, 1.82) is 0 Å². The molecule has 2 aromatic rings. The summed E-state index contributed by atoms with van der Waals surface area (Å²) in [5.74, 6) is 0.293. The highest BCUT2D eigenvalue weighted by Crippen LogP contribution is 2.29. The molecule has 0 aliphatic heterocycles. The monoisotopic (exact) mass is 387 g/mol. The van der Waals surface area contributed by atoms with Gasteiger partial charge in [-0.2, -0.15) is 0 Å². The number of amides is 1. The summed E-state index contributed by atoms with van der Waals surface area (Å²) in [5.41, 5.74) is 1.42. The van der Waals surface area contributed by atoms with Crippen LogP contribution in [0.15, 0.2) is 40.9 Å². The molecule has 2 rings (SSSR count). The van der Waals surface area contributed by atoms with Crippen molar-refractivity contribution in [1.82, 2.24) is 0 Å². The summed E-state index contributed by atoms with van der Waals surface area (Å²) in [7, 11) is 0. The van der Waals surface area contributed by atoms with Gasteiger partial charge < -0.3 is 10.1 Å². The first-order valence-electron chi connectivity index (χ1n) is 6.10. The van der Waals surface area contributed by atoms with E-state index in [1.54, 1.807) is 24.3 Å². The fraction of sp³-hybridized carbons (Fsp3) is 0.133. The van der Waals surface area contributed by atoms with Crippen LogP contribution in [0.4, 0.5) is 5.69 Å². The lowest BCUT2D eigenvalue weighted by atomic mass is 10.2. The number of benzene rings is 2. The van der Waals surface area contributed by atoms with Gasteiger partial charge in [0.2, 0.25) is 0 Å². The fourth-order valence-electron chi connectivity index (χ4n) is 1.65. The van der Waals surface area contributed by atoms with Gasteiger partial charge in [-0.1, -0.05) is 45.2 Å². The van der Waals surface area contributed by atoms with Crippen LogP contribution in [0.25, 0.3) is 0 Å². The number of aryl methyl sites for hydroxylation is 1. The largest absolute Gasteiger partial charge is 0.484 e. The van der Waals surface area contributed by atoms with Gasteiger partial charge in [0, 0.05) is 4.47 Å². The average molecular weight is 389 g/mol. The summed E-state index contributed by atoms with van der Waals surface area (Å²) >= 11 is 15.4. The van der Waals surface area contributed by atoms with Gasteiger partial charge in [-0.15, -0.1) is 0 Å². The SMILES string of the molecule is Cc1cc(OCC(=O)Nc2c(Cl)cccc2Cl)ccc1Br. The number of carbonyl (C=O) groups is 1. The lowest BCUT2D eigenvalue weighted by Crippen LogP contribution is -2.20. The molecule has 2 aromatic carbocycles. The Labute approximate surface area is 141 Å². The summed E-state index contributed by atoms with van der Waals surface area (Å²) in [4.78, 5) is 11.9. The summed E-state index contributed by atoms with van der Waals surface area (Å²) < 4.78 is 6.42. The van der Waals surface area contributed by atoms with Gasteiger partial charge in [-0.25, -0.2) is 0 Å². The van der Waals surface area contributed by atoms with Crippen molar-refractivity contribution in [2.45, 2.75) is 6.92 Å². The van der Waals surface area contributed by atoms with Crippen molar-refractivity contribution in [2.24, 2.45) is 0 Å². The molecule has 0 saturated carbocycles. The molecule has 21 heavy (non-hydrogen) atoms. The first kappa shape index (κ1) is 16.1. The van der Waals surface area contributed by atoms with Crippen LogP contribution in [0.2, 0.25) is 10.0 Å². The summed E-state index contributed by atoms with van der Waals surface area (Å²) in [5, 5.41) is 3.41. The predicted molar refractivity (Wildman–Crippen MR) is 89.5 cm³/mol. The standard InChI is InChI=1S/C15H12BrCl2NO2/c1-9-7-10(5-6-11(9)16)21-8-14(20)19-15-12(17)3-2-4-13(15)18/h2-7H,8H2,1H3,(H,19,20). The molecular formula is C15H12BrCl2NO2. The van der Waals surface area contributed by atoms with Crippen LogP contribution in [0.1, 0.15) is 5.56 Å². The van der Waals surface area contributed by atoms with Crippen molar-refractivity contribution >= 4 is 50.7 Å². The van der Waals surface area contributed by atoms with Gasteiger partial charge in [0.1, 0.15) is 5.75 Å². The molecule has 110 valence electrons. The predicted octanol–water partition coefficient (Wildman–Crippen LogP) is 5.08. The normalized spacial score (nSPS) is 10.3. The zero-order valence-corrected chi connectivity index (χ0v) is 14.2. The second-order valence-corrected chi connectivity index (χ2v) is 6.01. The third-order valence-corrected chi connectivity index (χ3v) is 4.25. The Morgan fingerprint density at radius 2 is 1.90 bits per heavy atom. The zero-order chi connectivity index (χ0) is 15.4.